The van der Waals surface area contributed by atoms with Crippen molar-refractivity contribution >= 4 is 58.0 Å². The molecule has 2 amide bonds. The van der Waals surface area contributed by atoms with Crippen LogP contribution in [0.3, 0.4) is 0 Å². The molecule has 0 unspecified atom stereocenters. The van der Waals surface area contributed by atoms with Crippen LogP contribution in [0.25, 0.3) is 0 Å². The summed E-state index contributed by atoms with van der Waals surface area (Å²) in [6.45, 7) is 1.53. The van der Waals surface area contributed by atoms with Gasteiger partial charge in [0.25, 0.3) is 5.91 Å². The van der Waals surface area contributed by atoms with Crippen molar-refractivity contribution in [1.82, 2.24) is 15.0 Å². The van der Waals surface area contributed by atoms with Gasteiger partial charge in [-0.05, 0) is 43.3 Å². The lowest BCUT2D eigenvalue weighted by molar-refractivity contribution is -0.117. The summed E-state index contributed by atoms with van der Waals surface area (Å²) < 4.78 is 1.33. The Morgan fingerprint density at radius 2 is 1.79 bits per heavy atom. The predicted octanol–water partition coefficient (Wildman–Crippen LogP) is 4.44. The van der Waals surface area contributed by atoms with Gasteiger partial charge in [0.1, 0.15) is 6.54 Å². The van der Waals surface area contributed by atoms with Gasteiger partial charge in [0.2, 0.25) is 5.91 Å². The molecule has 0 atom stereocenters. The molecule has 10 heteroatoms. The standard InChI is InChI=1S/C18H14Cl3N5O2/c1-10-17(18(28)23-15-8-12(20)5-6-14(15)21)24-25-26(10)9-16(27)22-13-4-2-3-11(19)7-13/h2-8H,9H2,1H3,(H,22,27)(H,23,28). The maximum absolute atomic E-state index is 12.5. The first-order chi connectivity index (χ1) is 13.3. The first-order valence-electron chi connectivity index (χ1n) is 8.05. The molecule has 0 radical (unpaired) electrons. The largest absolute Gasteiger partial charge is 0.324 e. The molecular formula is C18H14Cl3N5O2. The van der Waals surface area contributed by atoms with E-state index in [9.17, 15) is 9.59 Å². The van der Waals surface area contributed by atoms with E-state index >= 15 is 0 Å². The molecule has 0 bridgehead atoms. The lowest BCUT2D eigenvalue weighted by Gasteiger charge is -2.08. The molecule has 0 aliphatic rings. The topological polar surface area (TPSA) is 88.9 Å². The average Bonchev–Trinajstić information content (AvgIpc) is 2.98. The van der Waals surface area contributed by atoms with E-state index in [-0.39, 0.29) is 18.1 Å². The third kappa shape index (κ3) is 4.81. The molecule has 0 aliphatic heterocycles. The Morgan fingerprint density at radius 3 is 2.54 bits per heavy atom. The third-order valence-electron chi connectivity index (χ3n) is 3.78. The van der Waals surface area contributed by atoms with Crippen molar-refractivity contribution in [1.29, 1.82) is 0 Å². The van der Waals surface area contributed by atoms with Crippen molar-refractivity contribution in [2.45, 2.75) is 13.5 Å². The van der Waals surface area contributed by atoms with Crippen LogP contribution in [0.5, 0.6) is 0 Å². The number of benzene rings is 2. The van der Waals surface area contributed by atoms with Gasteiger partial charge in [-0.25, -0.2) is 4.68 Å². The monoisotopic (exact) mass is 437 g/mol. The SMILES string of the molecule is Cc1c(C(=O)Nc2cc(Cl)ccc2Cl)nnn1CC(=O)Nc1cccc(Cl)c1. The van der Waals surface area contributed by atoms with Gasteiger partial charge in [0.15, 0.2) is 5.69 Å². The van der Waals surface area contributed by atoms with Crippen molar-refractivity contribution in [2.24, 2.45) is 0 Å². The first kappa shape index (κ1) is 20.1. The first-order valence-corrected chi connectivity index (χ1v) is 9.19. The molecule has 1 aromatic heterocycles. The van der Waals surface area contributed by atoms with Crippen molar-refractivity contribution in [2.75, 3.05) is 10.6 Å². The molecule has 2 N–H and O–H groups in total. The number of amides is 2. The molecule has 0 saturated heterocycles. The van der Waals surface area contributed by atoms with Crippen LogP contribution in [0.15, 0.2) is 42.5 Å². The lowest BCUT2D eigenvalue weighted by Crippen LogP contribution is -2.21. The summed E-state index contributed by atoms with van der Waals surface area (Å²) in [6, 6.07) is 11.5. The van der Waals surface area contributed by atoms with E-state index in [1.807, 2.05) is 0 Å². The summed E-state index contributed by atoms with van der Waals surface area (Å²) >= 11 is 17.9. The van der Waals surface area contributed by atoms with Crippen LogP contribution in [0.2, 0.25) is 15.1 Å². The normalized spacial score (nSPS) is 10.6. The second-order valence-corrected chi connectivity index (χ2v) is 7.10. The number of anilines is 2. The fourth-order valence-corrected chi connectivity index (χ4v) is 2.93. The number of hydrogen-bond acceptors (Lipinski definition) is 4. The summed E-state index contributed by atoms with van der Waals surface area (Å²) in [7, 11) is 0. The Morgan fingerprint density at radius 1 is 1.04 bits per heavy atom. The van der Waals surface area contributed by atoms with Crippen molar-refractivity contribution in [3.05, 3.63) is 68.9 Å². The summed E-state index contributed by atoms with van der Waals surface area (Å²) in [5, 5.41) is 14.4. The summed E-state index contributed by atoms with van der Waals surface area (Å²) in [5.74, 6) is -0.844. The molecule has 3 aromatic rings. The quantitative estimate of drug-likeness (QED) is 0.616. The summed E-state index contributed by atoms with van der Waals surface area (Å²) in [4.78, 5) is 24.7. The highest BCUT2D eigenvalue weighted by Crippen LogP contribution is 2.26. The molecule has 144 valence electrons. The minimum absolute atomic E-state index is 0.0756. The van der Waals surface area contributed by atoms with E-state index in [4.69, 9.17) is 34.8 Å². The number of nitrogens with one attached hydrogen (secondary N) is 2. The van der Waals surface area contributed by atoms with E-state index < -0.39 is 5.91 Å². The van der Waals surface area contributed by atoms with Crippen LogP contribution in [0, 0.1) is 6.92 Å². The maximum Gasteiger partial charge on any atom is 0.278 e. The zero-order valence-corrected chi connectivity index (χ0v) is 16.8. The van der Waals surface area contributed by atoms with Gasteiger partial charge >= 0.3 is 0 Å². The minimum atomic E-state index is -0.511. The molecular weight excluding hydrogens is 425 g/mol. The highest BCUT2D eigenvalue weighted by Gasteiger charge is 2.19. The highest BCUT2D eigenvalue weighted by atomic mass is 35.5. The Bertz CT molecular complexity index is 1050. The Hall–Kier alpha value is -2.61. The fraction of sp³-hybridized carbons (Fsp3) is 0.111. The van der Waals surface area contributed by atoms with Crippen molar-refractivity contribution in [3.63, 3.8) is 0 Å². The van der Waals surface area contributed by atoms with Crippen LogP contribution in [0.4, 0.5) is 11.4 Å². The molecule has 0 spiro atoms. The second kappa shape index (κ2) is 8.60. The van der Waals surface area contributed by atoms with E-state index in [1.54, 1.807) is 43.3 Å². The van der Waals surface area contributed by atoms with Gasteiger partial charge in [0, 0.05) is 15.7 Å². The molecule has 7 nitrogen and oxygen atoms in total. The van der Waals surface area contributed by atoms with Gasteiger partial charge in [-0.2, -0.15) is 0 Å². The van der Waals surface area contributed by atoms with Crippen molar-refractivity contribution in [3.8, 4) is 0 Å². The Kier molecular flexibility index (Phi) is 6.18. The van der Waals surface area contributed by atoms with Crippen LogP contribution < -0.4 is 10.6 Å². The third-order valence-corrected chi connectivity index (χ3v) is 4.58. The summed E-state index contributed by atoms with van der Waals surface area (Å²) in [6.07, 6.45) is 0. The number of rotatable bonds is 5. The number of halogens is 3. The number of carbonyl (C=O) groups excluding carboxylic acids is 2. The summed E-state index contributed by atoms with van der Waals surface area (Å²) in [5.41, 5.74) is 1.42. The van der Waals surface area contributed by atoms with Crippen LogP contribution in [0.1, 0.15) is 16.2 Å². The van der Waals surface area contributed by atoms with E-state index in [0.29, 0.717) is 32.1 Å². The fourth-order valence-electron chi connectivity index (χ4n) is 2.40. The van der Waals surface area contributed by atoms with Gasteiger partial charge in [-0.3, -0.25) is 9.59 Å². The second-order valence-electron chi connectivity index (χ2n) is 5.82. The average molecular weight is 439 g/mol. The molecule has 0 aliphatic carbocycles. The molecule has 2 aromatic carbocycles. The number of aromatic nitrogens is 3. The number of nitrogens with zero attached hydrogens (tertiary/aromatic N) is 3. The predicted molar refractivity (Wildman–Crippen MR) is 109 cm³/mol. The zero-order chi connectivity index (χ0) is 20.3. The maximum atomic E-state index is 12.5. The van der Waals surface area contributed by atoms with Gasteiger partial charge in [-0.15, -0.1) is 5.10 Å². The van der Waals surface area contributed by atoms with Gasteiger partial charge in [-0.1, -0.05) is 46.1 Å². The number of carbonyl (C=O) groups is 2. The Labute approximate surface area is 175 Å². The van der Waals surface area contributed by atoms with E-state index in [2.05, 4.69) is 20.9 Å². The number of hydrogen-bond donors (Lipinski definition) is 2. The zero-order valence-electron chi connectivity index (χ0n) is 14.5. The van der Waals surface area contributed by atoms with Crippen LogP contribution >= 0.6 is 34.8 Å². The van der Waals surface area contributed by atoms with Crippen molar-refractivity contribution < 1.29 is 9.59 Å². The van der Waals surface area contributed by atoms with Gasteiger partial charge in [0.05, 0.1) is 16.4 Å². The Balaban J connectivity index is 1.70. The van der Waals surface area contributed by atoms with Crippen LogP contribution in [-0.4, -0.2) is 26.8 Å². The molecule has 28 heavy (non-hydrogen) atoms. The van der Waals surface area contributed by atoms with E-state index in [1.165, 1.54) is 10.7 Å². The van der Waals surface area contributed by atoms with E-state index in [0.717, 1.165) is 0 Å². The smallest absolute Gasteiger partial charge is 0.278 e. The highest BCUT2D eigenvalue weighted by molar-refractivity contribution is 6.35. The van der Waals surface area contributed by atoms with Gasteiger partial charge < -0.3 is 10.6 Å². The van der Waals surface area contributed by atoms with Crippen LogP contribution in [-0.2, 0) is 11.3 Å². The molecule has 3 rings (SSSR count). The minimum Gasteiger partial charge on any atom is -0.324 e. The lowest BCUT2D eigenvalue weighted by atomic mass is 10.2. The molecule has 0 saturated carbocycles. The molecule has 0 fully saturated rings. The molecule has 1 heterocycles.